The molecule has 10 nitrogen and oxygen atoms in total. The van der Waals surface area contributed by atoms with Crippen LogP contribution in [0.5, 0.6) is 11.5 Å². The van der Waals surface area contributed by atoms with E-state index in [9.17, 15) is 30.3 Å². The molecule has 6 atom stereocenters. The number of fused-ring (bicyclic) bond motifs is 2. The molecule has 0 radical (unpaired) electrons. The van der Waals surface area contributed by atoms with Crippen LogP contribution < -0.4 is 10.2 Å². The molecule has 5 N–H and O–H groups in total. The lowest BCUT2D eigenvalue weighted by Crippen LogP contribution is -2.61. The van der Waals surface area contributed by atoms with E-state index in [1.165, 1.54) is 6.07 Å². The summed E-state index contributed by atoms with van der Waals surface area (Å²) in [5, 5.41) is 50.3. The largest absolute Gasteiger partial charge is 0.507 e. The number of ether oxygens (including phenoxy) is 3. The zero-order valence-corrected chi connectivity index (χ0v) is 17.3. The van der Waals surface area contributed by atoms with Crippen molar-refractivity contribution in [3.8, 4) is 11.5 Å². The monoisotopic (exact) mass is 438 g/mol. The minimum atomic E-state index is -1.57. The Morgan fingerprint density at radius 3 is 2.55 bits per heavy atom. The van der Waals surface area contributed by atoms with Crippen molar-refractivity contribution in [1.82, 2.24) is 0 Å². The Kier molecular flexibility index (Phi) is 5.49. The molecule has 0 bridgehead atoms. The molecule has 31 heavy (non-hydrogen) atoms. The van der Waals surface area contributed by atoms with Gasteiger partial charge in [0.2, 0.25) is 0 Å². The van der Waals surface area contributed by atoms with Crippen LogP contribution in [0.2, 0.25) is 0 Å². The second kappa shape index (κ2) is 7.73. The van der Waals surface area contributed by atoms with Crippen LogP contribution in [0.15, 0.2) is 21.3 Å². The summed E-state index contributed by atoms with van der Waals surface area (Å²) in [6, 6.07) is 2.84. The van der Waals surface area contributed by atoms with Crippen LogP contribution in [0.1, 0.15) is 25.2 Å². The van der Waals surface area contributed by atoms with Crippen molar-refractivity contribution in [2.45, 2.75) is 69.6 Å². The molecule has 0 saturated carbocycles. The molecule has 0 aliphatic carbocycles. The fourth-order valence-electron chi connectivity index (χ4n) is 4.05. The molecule has 1 aromatic carbocycles. The van der Waals surface area contributed by atoms with Gasteiger partial charge >= 0.3 is 0 Å². The van der Waals surface area contributed by atoms with Crippen molar-refractivity contribution < 1.29 is 44.2 Å². The van der Waals surface area contributed by atoms with Gasteiger partial charge in [0.15, 0.2) is 11.7 Å². The van der Waals surface area contributed by atoms with E-state index >= 15 is 0 Å². The maximum Gasteiger partial charge on any atom is 0.196 e. The van der Waals surface area contributed by atoms with Crippen LogP contribution in [0.4, 0.5) is 0 Å². The minimum Gasteiger partial charge on any atom is -0.507 e. The number of aliphatic hydroxyl groups is 4. The predicted molar refractivity (Wildman–Crippen MR) is 106 cm³/mol. The van der Waals surface area contributed by atoms with Gasteiger partial charge in [0.05, 0.1) is 6.61 Å². The van der Waals surface area contributed by atoms with E-state index in [1.807, 2.05) is 0 Å². The Hall–Kier alpha value is -2.21. The van der Waals surface area contributed by atoms with E-state index in [0.29, 0.717) is 17.1 Å². The maximum atomic E-state index is 12.3. The average molecular weight is 438 g/mol. The maximum absolute atomic E-state index is 12.3. The van der Waals surface area contributed by atoms with Crippen LogP contribution in [0, 0.1) is 6.92 Å². The summed E-state index contributed by atoms with van der Waals surface area (Å²) in [5.74, 6) is 0.527. The van der Waals surface area contributed by atoms with E-state index in [2.05, 4.69) is 0 Å². The first-order valence-electron chi connectivity index (χ1n) is 9.97. The van der Waals surface area contributed by atoms with E-state index in [4.69, 9.17) is 18.6 Å². The number of aliphatic hydroxyl groups excluding tert-OH is 4. The van der Waals surface area contributed by atoms with Crippen LogP contribution in [-0.4, -0.2) is 74.6 Å². The zero-order chi connectivity index (χ0) is 22.7. The topological polar surface area (TPSA) is 159 Å². The third kappa shape index (κ3) is 3.69. The molecule has 2 aliphatic rings. The molecule has 2 aromatic rings. The van der Waals surface area contributed by atoms with Crippen molar-refractivity contribution in [3.63, 3.8) is 0 Å². The third-order valence-electron chi connectivity index (χ3n) is 5.88. The molecule has 0 spiro atoms. The summed E-state index contributed by atoms with van der Waals surface area (Å²) >= 11 is 0. The van der Waals surface area contributed by atoms with Gasteiger partial charge in [0.25, 0.3) is 0 Å². The molecule has 2 aliphatic heterocycles. The second-order valence-corrected chi connectivity index (χ2v) is 8.53. The first-order chi connectivity index (χ1) is 14.5. The number of benzene rings is 1. The van der Waals surface area contributed by atoms with E-state index in [1.54, 1.807) is 26.8 Å². The van der Waals surface area contributed by atoms with Crippen LogP contribution in [0.3, 0.4) is 0 Å². The molecule has 4 rings (SSSR count). The number of hydrogen-bond donors (Lipinski definition) is 5. The molecule has 0 unspecified atom stereocenters. The van der Waals surface area contributed by atoms with Gasteiger partial charge in [0.1, 0.15) is 64.3 Å². The summed E-state index contributed by atoms with van der Waals surface area (Å²) < 4.78 is 22.8. The number of rotatable bonds is 4. The van der Waals surface area contributed by atoms with Gasteiger partial charge in [-0.2, -0.15) is 0 Å². The highest BCUT2D eigenvalue weighted by Gasteiger charge is 2.48. The summed E-state index contributed by atoms with van der Waals surface area (Å²) in [7, 11) is 0. The molecule has 10 heteroatoms. The zero-order valence-electron chi connectivity index (χ0n) is 17.3. The number of phenolic OH excluding ortho intramolecular Hbond substituents is 1. The van der Waals surface area contributed by atoms with Gasteiger partial charge in [-0.1, -0.05) is 0 Å². The number of aryl methyl sites for hydroxylation is 1. The van der Waals surface area contributed by atoms with Gasteiger partial charge < -0.3 is 44.2 Å². The lowest BCUT2D eigenvalue weighted by molar-refractivity contribution is -0.329. The molecule has 1 aromatic heterocycles. The molecular weight excluding hydrogens is 412 g/mol. The smallest absolute Gasteiger partial charge is 0.196 e. The number of phenols is 1. The summed E-state index contributed by atoms with van der Waals surface area (Å²) in [6.45, 7) is 4.41. The Labute approximate surface area is 177 Å². The SMILES string of the molecule is Cc1cc(=O)c2c(O)c3c(cc2o1)O[C@H](C(C)(C)O[C@@H]1O[C@@H](CO)[C@@H](O)[C@@H](O)[C@H]1O)C3. The number of aromatic hydroxyl groups is 1. The molecule has 0 amide bonds. The molecule has 1 saturated heterocycles. The Bertz CT molecular complexity index is 1040. The van der Waals surface area contributed by atoms with Crippen LogP contribution >= 0.6 is 0 Å². The second-order valence-electron chi connectivity index (χ2n) is 8.53. The Morgan fingerprint density at radius 2 is 1.87 bits per heavy atom. The Morgan fingerprint density at radius 1 is 1.16 bits per heavy atom. The molecule has 1 fully saturated rings. The summed E-state index contributed by atoms with van der Waals surface area (Å²) in [6.07, 6.45) is -7.49. The molecule has 3 heterocycles. The fourth-order valence-corrected chi connectivity index (χ4v) is 4.05. The highest BCUT2D eigenvalue weighted by atomic mass is 16.7. The van der Waals surface area contributed by atoms with Crippen molar-refractivity contribution in [3.05, 3.63) is 33.7 Å². The minimum absolute atomic E-state index is 0.0706. The Balaban J connectivity index is 1.59. The van der Waals surface area contributed by atoms with E-state index in [0.717, 1.165) is 0 Å². The summed E-state index contributed by atoms with van der Waals surface area (Å²) in [4.78, 5) is 12.3. The lowest BCUT2D eigenvalue weighted by atomic mass is 9.94. The van der Waals surface area contributed by atoms with Gasteiger partial charge in [0, 0.05) is 24.1 Å². The van der Waals surface area contributed by atoms with Gasteiger partial charge in [-0.25, -0.2) is 0 Å². The van der Waals surface area contributed by atoms with Crippen molar-refractivity contribution in [1.29, 1.82) is 0 Å². The van der Waals surface area contributed by atoms with E-state index < -0.39 is 49.0 Å². The van der Waals surface area contributed by atoms with Gasteiger partial charge in [-0.15, -0.1) is 0 Å². The normalized spacial score (nSPS) is 30.9. The highest BCUT2D eigenvalue weighted by Crippen LogP contribution is 2.43. The van der Waals surface area contributed by atoms with Crippen molar-refractivity contribution in [2.75, 3.05) is 6.61 Å². The van der Waals surface area contributed by atoms with Crippen molar-refractivity contribution >= 4 is 11.0 Å². The van der Waals surface area contributed by atoms with Gasteiger partial charge in [-0.05, 0) is 20.8 Å². The third-order valence-corrected chi connectivity index (χ3v) is 5.88. The molecule has 170 valence electrons. The quantitative estimate of drug-likeness (QED) is 0.429. The average Bonchev–Trinajstić information content (AvgIpc) is 3.13. The predicted octanol–water partition coefficient (Wildman–Crippen LogP) is -0.294. The first kappa shape index (κ1) is 22.0. The standard InChI is InChI=1S/C21H26O10/c1-8-4-10(23)15-12(28-8)6-11-9(16(15)24)5-14(29-11)21(2,3)31-20-19(27)18(26)17(25)13(7-22)30-20/h4,6,13-14,17-20,22,24-27H,5,7H2,1-3H3/t13-,14-,17+,18+,19+,20-/m0/s1. The van der Waals surface area contributed by atoms with Crippen LogP contribution in [0.25, 0.3) is 11.0 Å². The number of hydrogen-bond acceptors (Lipinski definition) is 10. The molecular formula is C21H26O10. The highest BCUT2D eigenvalue weighted by molar-refractivity contribution is 5.87. The summed E-state index contributed by atoms with van der Waals surface area (Å²) in [5.41, 5.74) is -0.827. The van der Waals surface area contributed by atoms with Gasteiger partial charge in [-0.3, -0.25) is 4.79 Å². The first-order valence-corrected chi connectivity index (χ1v) is 9.97. The van der Waals surface area contributed by atoms with Crippen molar-refractivity contribution in [2.24, 2.45) is 0 Å². The fraction of sp³-hybridized carbons (Fsp3) is 0.571. The van der Waals surface area contributed by atoms with E-state index in [-0.39, 0.29) is 28.6 Å². The lowest BCUT2D eigenvalue weighted by Gasteiger charge is -2.43. The van der Waals surface area contributed by atoms with Crippen LogP contribution in [-0.2, 0) is 15.9 Å².